The first-order chi connectivity index (χ1) is 9.36. The molecule has 100 valence electrons. The van der Waals surface area contributed by atoms with E-state index in [9.17, 15) is 0 Å². The van der Waals surface area contributed by atoms with Crippen molar-refractivity contribution in [2.24, 2.45) is 0 Å². The van der Waals surface area contributed by atoms with Gasteiger partial charge in [-0.05, 0) is 43.7 Å². The minimum atomic E-state index is 0.341. The summed E-state index contributed by atoms with van der Waals surface area (Å²) >= 11 is 0. The van der Waals surface area contributed by atoms with Crippen LogP contribution in [0.2, 0.25) is 0 Å². The van der Waals surface area contributed by atoms with E-state index in [0.29, 0.717) is 11.7 Å². The molecule has 1 aliphatic heterocycles. The highest BCUT2D eigenvalue weighted by molar-refractivity contribution is 5.55. The van der Waals surface area contributed by atoms with Crippen LogP contribution in [0, 0.1) is 0 Å². The average molecular weight is 259 g/mol. The summed E-state index contributed by atoms with van der Waals surface area (Å²) in [6.45, 7) is 2.00. The van der Waals surface area contributed by atoms with Crippen molar-refractivity contribution in [3.8, 4) is 17.1 Å². The van der Waals surface area contributed by atoms with E-state index in [0.717, 1.165) is 43.1 Å². The first-order valence-electron chi connectivity index (χ1n) is 6.55. The quantitative estimate of drug-likeness (QED) is 0.915. The molecule has 2 aromatic rings. The molecule has 1 atom stereocenters. The Kier molecular flexibility index (Phi) is 3.46. The van der Waals surface area contributed by atoms with E-state index < -0.39 is 0 Å². The second-order valence-electron chi connectivity index (χ2n) is 4.73. The van der Waals surface area contributed by atoms with Crippen LogP contribution in [-0.4, -0.2) is 30.3 Å². The predicted octanol–water partition coefficient (Wildman–Crippen LogP) is 2.21. The van der Waals surface area contributed by atoms with Gasteiger partial charge in [0.05, 0.1) is 13.0 Å². The first kappa shape index (κ1) is 12.2. The summed E-state index contributed by atoms with van der Waals surface area (Å²) in [6, 6.07) is 7.67. The lowest BCUT2D eigenvalue weighted by molar-refractivity contribution is 0.322. The lowest BCUT2D eigenvalue weighted by atomic mass is 10.00. The zero-order valence-corrected chi connectivity index (χ0v) is 10.9. The number of piperidine rings is 1. The zero-order valence-electron chi connectivity index (χ0n) is 10.9. The van der Waals surface area contributed by atoms with Crippen LogP contribution in [0.15, 0.2) is 28.8 Å². The van der Waals surface area contributed by atoms with E-state index in [1.165, 1.54) is 0 Å². The summed E-state index contributed by atoms with van der Waals surface area (Å²) in [5.41, 5.74) is 0.944. The molecule has 0 unspecified atom stereocenters. The van der Waals surface area contributed by atoms with Crippen molar-refractivity contribution in [3.05, 3.63) is 30.2 Å². The van der Waals surface area contributed by atoms with Crippen molar-refractivity contribution in [3.63, 3.8) is 0 Å². The first-order valence-corrected chi connectivity index (χ1v) is 6.55. The van der Waals surface area contributed by atoms with E-state index in [2.05, 4.69) is 15.5 Å². The molecule has 3 rings (SSSR count). The van der Waals surface area contributed by atoms with Crippen molar-refractivity contribution in [1.82, 2.24) is 15.5 Å². The molecule has 1 fully saturated rings. The van der Waals surface area contributed by atoms with E-state index in [1.54, 1.807) is 7.11 Å². The molecule has 0 spiro atoms. The molecule has 5 heteroatoms. The fraction of sp³-hybridized carbons (Fsp3) is 0.429. The zero-order chi connectivity index (χ0) is 13.1. The minimum absolute atomic E-state index is 0.341. The van der Waals surface area contributed by atoms with Gasteiger partial charge in [0.15, 0.2) is 0 Å². The van der Waals surface area contributed by atoms with Gasteiger partial charge in [-0.25, -0.2) is 0 Å². The van der Waals surface area contributed by atoms with E-state index in [1.807, 2.05) is 24.3 Å². The third kappa shape index (κ3) is 2.61. The number of nitrogens with one attached hydrogen (secondary N) is 1. The normalized spacial score (nSPS) is 19.3. The monoisotopic (exact) mass is 259 g/mol. The van der Waals surface area contributed by atoms with Crippen LogP contribution in [0.3, 0.4) is 0 Å². The fourth-order valence-electron chi connectivity index (χ4n) is 2.32. The molecular weight excluding hydrogens is 242 g/mol. The third-order valence-electron chi connectivity index (χ3n) is 3.44. The van der Waals surface area contributed by atoms with Crippen molar-refractivity contribution in [2.45, 2.75) is 18.8 Å². The highest BCUT2D eigenvalue weighted by Gasteiger charge is 2.21. The molecule has 5 nitrogen and oxygen atoms in total. The Balaban J connectivity index is 1.79. The smallest absolute Gasteiger partial charge is 0.231 e. The molecule has 0 amide bonds. The standard InChI is InChI=1S/C14H17N3O2/c1-18-12-6-4-10(5-7-12)13-16-14(19-17-13)11-3-2-8-15-9-11/h4-7,11,15H,2-3,8-9H2,1H3/t11-/m0/s1. The Hall–Kier alpha value is -1.88. The van der Waals surface area contributed by atoms with Crippen LogP contribution in [0.25, 0.3) is 11.4 Å². The van der Waals surface area contributed by atoms with Gasteiger partial charge >= 0.3 is 0 Å². The average Bonchev–Trinajstić information content (AvgIpc) is 2.98. The molecule has 19 heavy (non-hydrogen) atoms. The summed E-state index contributed by atoms with van der Waals surface area (Å²) in [6.07, 6.45) is 2.27. The van der Waals surface area contributed by atoms with E-state index in [-0.39, 0.29) is 0 Å². The number of ether oxygens (including phenoxy) is 1. The minimum Gasteiger partial charge on any atom is -0.497 e. The van der Waals surface area contributed by atoms with Crippen LogP contribution < -0.4 is 10.1 Å². The van der Waals surface area contributed by atoms with Gasteiger partial charge < -0.3 is 14.6 Å². The molecule has 2 heterocycles. The van der Waals surface area contributed by atoms with Gasteiger partial charge in [0.1, 0.15) is 5.75 Å². The Morgan fingerprint density at radius 3 is 2.84 bits per heavy atom. The van der Waals surface area contributed by atoms with Crippen molar-refractivity contribution in [1.29, 1.82) is 0 Å². The maximum absolute atomic E-state index is 5.38. The van der Waals surface area contributed by atoms with Crippen molar-refractivity contribution < 1.29 is 9.26 Å². The largest absolute Gasteiger partial charge is 0.497 e. The summed E-state index contributed by atoms with van der Waals surface area (Å²) in [4.78, 5) is 4.50. The molecule has 1 aromatic heterocycles. The maximum atomic E-state index is 5.38. The second kappa shape index (κ2) is 5.40. The maximum Gasteiger partial charge on any atom is 0.231 e. The Bertz CT molecular complexity index is 530. The van der Waals surface area contributed by atoms with Crippen molar-refractivity contribution >= 4 is 0 Å². The number of benzene rings is 1. The van der Waals surface area contributed by atoms with Gasteiger partial charge in [-0.2, -0.15) is 4.98 Å². The summed E-state index contributed by atoms with van der Waals surface area (Å²) < 4.78 is 10.5. The lowest BCUT2D eigenvalue weighted by Gasteiger charge is -2.18. The van der Waals surface area contributed by atoms with Crippen LogP contribution in [0.1, 0.15) is 24.7 Å². The van der Waals surface area contributed by atoms with Gasteiger partial charge in [-0.15, -0.1) is 0 Å². The Labute approximate surface area is 112 Å². The predicted molar refractivity (Wildman–Crippen MR) is 71.1 cm³/mol. The number of nitrogens with zero attached hydrogens (tertiary/aromatic N) is 2. The van der Waals surface area contributed by atoms with Crippen LogP contribution in [0.5, 0.6) is 5.75 Å². The molecule has 0 bridgehead atoms. The van der Waals surface area contributed by atoms with E-state index in [4.69, 9.17) is 9.26 Å². The molecule has 1 N–H and O–H groups in total. The molecule has 0 saturated carbocycles. The Morgan fingerprint density at radius 1 is 1.32 bits per heavy atom. The topological polar surface area (TPSA) is 60.2 Å². The highest BCUT2D eigenvalue weighted by atomic mass is 16.5. The highest BCUT2D eigenvalue weighted by Crippen LogP contribution is 2.25. The van der Waals surface area contributed by atoms with E-state index >= 15 is 0 Å². The molecule has 1 saturated heterocycles. The molecule has 0 radical (unpaired) electrons. The molecule has 1 aliphatic rings. The molecule has 0 aliphatic carbocycles. The van der Waals surface area contributed by atoms with Gasteiger partial charge in [0.2, 0.25) is 11.7 Å². The molecule has 1 aromatic carbocycles. The van der Waals surface area contributed by atoms with Crippen LogP contribution >= 0.6 is 0 Å². The summed E-state index contributed by atoms with van der Waals surface area (Å²) in [5, 5.41) is 7.42. The number of hydrogen-bond donors (Lipinski definition) is 1. The van der Waals surface area contributed by atoms with Gasteiger partial charge in [0, 0.05) is 12.1 Å². The second-order valence-corrected chi connectivity index (χ2v) is 4.73. The third-order valence-corrected chi connectivity index (χ3v) is 3.44. The fourth-order valence-corrected chi connectivity index (χ4v) is 2.32. The van der Waals surface area contributed by atoms with Gasteiger partial charge in [0.25, 0.3) is 0 Å². The number of hydrogen-bond acceptors (Lipinski definition) is 5. The number of methoxy groups -OCH3 is 1. The van der Waals surface area contributed by atoms with Crippen LogP contribution in [0.4, 0.5) is 0 Å². The number of aromatic nitrogens is 2. The summed E-state index contributed by atoms with van der Waals surface area (Å²) in [7, 11) is 1.65. The van der Waals surface area contributed by atoms with Crippen LogP contribution in [-0.2, 0) is 0 Å². The number of rotatable bonds is 3. The Morgan fingerprint density at radius 2 is 2.16 bits per heavy atom. The lowest BCUT2D eigenvalue weighted by Crippen LogP contribution is -2.28. The van der Waals surface area contributed by atoms with Crippen molar-refractivity contribution in [2.75, 3.05) is 20.2 Å². The van der Waals surface area contributed by atoms with Gasteiger partial charge in [-0.3, -0.25) is 0 Å². The summed E-state index contributed by atoms with van der Waals surface area (Å²) in [5.74, 6) is 2.54. The molecular formula is C14H17N3O2. The van der Waals surface area contributed by atoms with Gasteiger partial charge in [-0.1, -0.05) is 5.16 Å². The SMILES string of the molecule is COc1ccc(-c2noc([C@H]3CCCNC3)n2)cc1.